The van der Waals surface area contributed by atoms with Crippen LogP contribution in [0.2, 0.25) is 0 Å². The first-order valence-electron chi connectivity index (χ1n) is 4.67. The van der Waals surface area contributed by atoms with E-state index >= 15 is 0 Å². The minimum absolute atomic E-state index is 1.04. The van der Waals surface area contributed by atoms with Crippen LogP contribution in [0.5, 0.6) is 0 Å². The van der Waals surface area contributed by atoms with Crippen molar-refractivity contribution in [2.24, 2.45) is 0 Å². The molecule has 0 spiro atoms. The molecule has 1 nitrogen and oxygen atoms in total. The van der Waals surface area contributed by atoms with Gasteiger partial charge in [0.1, 0.15) is 0 Å². The third kappa shape index (κ3) is 1.62. The molecule has 0 saturated heterocycles. The van der Waals surface area contributed by atoms with Gasteiger partial charge in [-0.05, 0) is 30.7 Å². The molecular weight excluding hydrogens is 170 g/mol. The van der Waals surface area contributed by atoms with Gasteiger partial charge in [0.25, 0.3) is 0 Å². The monoisotopic (exact) mass is 183 g/mol. The number of nitrogens with one attached hydrogen (secondary N) is 1. The summed E-state index contributed by atoms with van der Waals surface area (Å²) in [6.07, 6.45) is 7.90. The predicted molar refractivity (Wildman–Crippen MR) is 62.1 cm³/mol. The Morgan fingerprint density at radius 3 is 2.93 bits per heavy atom. The Labute approximate surface area is 84.5 Å². The third-order valence-electron chi connectivity index (χ3n) is 2.26. The van der Waals surface area contributed by atoms with Gasteiger partial charge in [-0.2, -0.15) is 0 Å². The predicted octanol–water partition coefficient (Wildman–Crippen LogP) is 3.50. The molecule has 2 rings (SSSR count). The van der Waals surface area contributed by atoms with Gasteiger partial charge in [-0.3, -0.25) is 0 Å². The van der Waals surface area contributed by atoms with Crippen LogP contribution in [0.1, 0.15) is 11.1 Å². The largest absolute Gasteiger partial charge is 0.361 e. The van der Waals surface area contributed by atoms with Gasteiger partial charge >= 0.3 is 0 Å². The molecule has 0 bridgehead atoms. The fraction of sp³-hybridized carbons (Fsp3) is 0.0769. The second kappa shape index (κ2) is 3.54. The molecule has 70 valence electrons. The van der Waals surface area contributed by atoms with E-state index in [-0.39, 0.29) is 0 Å². The average molecular weight is 183 g/mol. The van der Waals surface area contributed by atoms with Crippen LogP contribution in [0, 0.1) is 6.92 Å². The van der Waals surface area contributed by atoms with Crippen LogP contribution in [0.25, 0.3) is 5.57 Å². The van der Waals surface area contributed by atoms with Crippen LogP contribution in [0.3, 0.4) is 0 Å². The Bertz CT molecular complexity index is 425. The molecular formula is C13H13N. The van der Waals surface area contributed by atoms with Crippen LogP contribution in [-0.4, -0.2) is 0 Å². The molecule has 0 saturated carbocycles. The second-order valence-electron chi connectivity index (χ2n) is 3.44. The summed E-state index contributed by atoms with van der Waals surface area (Å²) in [6, 6.07) is 6.33. The molecule has 1 heteroatoms. The van der Waals surface area contributed by atoms with E-state index in [0.29, 0.717) is 0 Å². The third-order valence-corrected chi connectivity index (χ3v) is 2.26. The summed E-state index contributed by atoms with van der Waals surface area (Å²) >= 11 is 0. The first-order chi connectivity index (χ1) is 6.77. The molecule has 0 aliphatic carbocycles. The van der Waals surface area contributed by atoms with Crippen molar-refractivity contribution in [3.8, 4) is 0 Å². The molecule has 1 aromatic carbocycles. The maximum Gasteiger partial charge on any atom is 0.0459 e. The molecule has 0 unspecified atom stereocenters. The fourth-order valence-corrected chi connectivity index (χ4v) is 1.50. The van der Waals surface area contributed by atoms with E-state index in [9.17, 15) is 0 Å². The van der Waals surface area contributed by atoms with Crippen LogP contribution in [0.15, 0.2) is 49.2 Å². The molecule has 0 radical (unpaired) electrons. The molecule has 1 aliphatic heterocycles. The normalized spacial score (nSPS) is 18.8. The minimum atomic E-state index is 1.04. The molecule has 1 aromatic rings. The minimum Gasteiger partial charge on any atom is -0.361 e. The van der Waals surface area contributed by atoms with Crippen molar-refractivity contribution >= 4 is 11.3 Å². The lowest BCUT2D eigenvalue weighted by Crippen LogP contribution is -1.95. The van der Waals surface area contributed by atoms with Gasteiger partial charge < -0.3 is 5.32 Å². The number of benzene rings is 1. The Kier molecular flexibility index (Phi) is 2.23. The van der Waals surface area contributed by atoms with Gasteiger partial charge in [-0.15, -0.1) is 0 Å². The molecule has 0 atom stereocenters. The standard InChI is InChI=1S/C13H13N/c1-10-6-7-13-12(9-10)11(2)5-3-4-8-14-13/h3-9,14H,2H2,1H3/b5-3-,8-4-. The van der Waals surface area contributed by atoms with Gasteiger partial charge in [0.05, 0.1) is 0 Å². The van der Waals surface area contributed by atoms with Crippen molar-refractivity contribution in [3.05, 3.63) is 60.3 Å². The molecule has 1 N–H and O–H groups in total. The number of hydrogen-bond donors (Lipinski definition) is 1. The SMILES string of the molecule is C=C1/C=C\C=C/Nc2ccc(C)cc21. The summed E-state index contributed by atoms with van der Waals surface area (Å²) in [4.78, 5) is 0. The molecule has 1 aliphatic rings. The summed E-state index contributed by atoms with van der Waals surface area (Å²) in [7, 11) is 0. The van der Waals surface area contributed by atoms with Crippen molar-refractivity contribution in [1.82, 2.24) is 0 Å². The molecule has 0 fully saturated rings. The van der Waals surface area contributed by atoms with Gasteiger partial charge in [0.15, 0.2) is 0 Å². The van der Waals surface area contributed by atoms with Crippen LogP contribution >= 0.6 is 0 Å². The lowest BCUT2D eigenvalue weighted by molar-refractivity contribution is 1.43. The van der Waals surface area contributed by atoms with Crippen molar-refractivity contribution in [3.63, 3.8) is 0 Å². The van der Waals surface area contributed by atoms with Crippen molar-refractivity contribution in [2.45, 2.75) is 6.92 Å². The second-order valence-corrected chi connectivity index (χ2v) is 3.44. The first kappa shape index (κ1) is 8.82. The van der Waals surface area contributed by atoms with Crippen LogP contribution < -0.4 is 5.32 Å². The molecule has 14 heavy (non-hydrogen) atoms. The van der Waals surface area contributed by atoms with Crippen molar-refractivity contribution < 1.29 is 0 Å². The highest BCUT2D eigenvalue weighted by Crippen LogP contribution is 2.26. The van der Waals surface area contributed by atoms with Crippen LogP contribution in [0.4, 0.5) is 5.69 Å². The number of fused-ring (bicyclic) bond motifs is 1. The molecule has 0 amide bonds. The highest BCUT2D eigenvalue weighted by Gasteiger charge is 2.04. The van der Waals surface area contributed by atoms with E-state index in [2.05, 4.69) is 37.0 Å². The van der Waals surface area contributed by atoms with Crippen molar-refractivity contribution in [1.29, 1.82) is 0 Å². The zero-order valence-electron chi connectivity index (χ0n) is 8.25. The fourth-order valence-electron chi connectivity index (χ4n) is 1.50. The van der Waals surface area contributed by atoms with E-state index in [4.69, 9.17) is 0 Å². The zero-order chi connectivity index (χ0) is 9.97. The number of hydrogen-bond acceptors (Lipinski definition) is 1. The number of aryl methyl sites for hydroxylation is 1. The summed E-state index contributed by atoms with van der Waals surface area (Å²) in [5.41, 5.74) is 4.58. The maximum absolute atomic E-state index is 4.04. The molecule has 1 heterocycles. The topological polar surface area (TPSA) is 12.0 Å². The highest BCUT2D eigenvalue weighted by atomic mass is 14.8. The maximum atomic E-state index is 4.04. The Morgan fingerprint density at radius 1 is 1.21 bits per heavy atom. The number of anilines is 1. The lowest BCUT2D eigenvalue weighted by atomic mass is 10.0. The van der Waals surface area contributed by atoms with Crippen LogP contribution in [-0.2, 0) is 0 Å². The summed E-state index contributed by atoms with van der Waals surface area (Å²) < 4.78 is 0. The average Bonchev–Trinajstić information content (AvgIpc) is 2.16. The number of allylic oxidation sites excluding steroid dienone is 4. The van der Waals surface area contributed by atoms with Gasteiger partial charge in [-0.25, -0.2) is 0 Å². The smallest absolute Gasteiger partial charge is 0.0459 e. The van der Waals surface area contributed by atoms with E-state index < -0.39 is 0 Å². The summed E-state index contributed by atoms with van der Waals surface area (Å²) in [5.74, 6) is 0. The molecule has 0 aromatic heterocycles. The summed E-state index contributed by atoms with van der Waals surface area (Å²) in [6.45, 7) is 6.13. The van der Waals surface area contributed by atoms with Gasteiger partial charge in [0, 0.05) is 17.5 Å². The summed E-state index contributed by atoms with van der Waals surface area (Å²) in [5, 5.41) is 3.23. The Balaban J connectivity index is 2.56. The number of rotatable bonds is 0. The van der Waals surface area contributed by atoms with Crippen molar-refractivity contribution in [2.75, 3.05) is 5.32 Å². The van der Waals surface area contributed by atoms with Gasteiger partial charge in [-0.1, -0.05) is 30.4 Å². The Morgan fingerprint density at radius 2 is 2.07 bits per heavy atom. The van der Waals surface area contributed by atoms with Gasteiger partial charge in [0.2, 0.25) is 0 Å². The van der Waals surface area contributed by atoms with E-state index in [1.807, 2.05) is 24.4 Å². The lowest BCUT2D eigenvalue weighted by Gasteiger charge is -2.11. The zero-order valence-corrected chi connectivity index (χ0v) is 8.25. The quantitative estimate of drug-likeness (QED) is 0.649. The highest BCUT2D eigenvalue weighted by molar-refractivity contribution is 5.82. The first-order valence-corrected chi connectivity index (χ1v) is 4.67. The van der Waals surface area contributed by atoms with E-state index in [1.165, 1.54) is 11.1 Å². The Hall–Kier alpha value is -1.76. The van der Waals surface area contributed by atoms with E-state index in [0.717, 1.165) is 11.3 Å². The van der Waals surface area contributed by atoms with E-state index in [1.54, 1.807) is 0 Å².